The minimum absolute atomic E-state index is 0.124. The van der Waals surface area contributed by atoms with Gasteiger partial charge in [0.15, 0.2) is 0 Å². The second-order valence-electron chi connectivity index (χ2n) is 11.8. The third-order valence-electron chi connectivity index (χ3n) is 8.93. The second kappa shape index (κ2) is 11.8. The van der Waals surface area contributed by atoms with E-state index in [-0.39, 0.29) is 23.8 Å². The van der Waals surface area contributed by atoms with Gasteiger partial charge in [-0.3, -0.25) is 14.4 Å². The predicted octanol–water partition coefficient (Wildman–Crippen LogP) is 3.66. The van der Waals surface area contributed by atoms with E-state index in [0.717, 1.165) is 57.2 Å². The molecule has 0 radical (unpaired) electrons. The van der Waals surface area contributed by atoms with Crippen molar-refractivity contribution in [2.45, 2.75) is 89.5 Å². The number of benzene rings is 1. The van der Waals surface area contributed by atoms with E-state index in [9.17, 15) is 14.4 Å². The number of carbonyl (C=O) groups is 3. The SMILES string of the molecule is CCCN(CCC)CCN1C(=O)[C@@H]2[C@H](C(=O)Nc3ccc(C)cc3)[C@@H]3C=C[C@@]2(O3)[C@@H]1C(=O)NC1CCCCC1. The molecular formula is C31H44N4O4. The number of amides is 3. The summed E-state index contributed by atoms with van der Waals surface area (Å²) in [6, 6.07) is 6.97. The summed E-state index contributed by atoms with van der Waals surface area (Å²) in [5, 5.41) is 6.27. The topological polar surface area (TPSA) is 91.0 Å². The number of carbonyl (C=O) groups excluding carboxylic acids is 3. The van der Waals surface area contributed by atoms with Gasteiger partial charge in [-0.15, -0.1) is 0 Å². The molecule has 39 heavy (non-hydrogen) atoms. The maximum atomic E-state index is 14.2. The fraction of sp³-hybridized carbons (Fsp3) is 0.645. The van der Waals surface area contributed by atoms with Crippen LogP contribution >= 0.6 is 0 Å². The number of anilines is 1. The van der Waals surface area contributed by atoms with Gasteiger partial charge in [-0.2, -0.15) is 0 Å². The van der Waals surface area contributed by atoms with E-state index in [1.807, 2.05) is 43.3 Å². The summed E-state index contributed by atoms with van der Waals surface area (Å²) in [7, 11) is 0. The van der Waals surface area contributed by atoms with Gasteiger partial charge < -0.3 is 25.2 Å². The molecule has 1 aromatic carbocycles. The van der Waals surface area contributed by atoms with Gasteiger partial charge in [0.25, 0.3) is 0 Å². The molecule has 5 atom stereocenters. The number of likely N-dealkylation sites (tertiary alicyclic amines) is 1. The molecule has 0 unspecified atom stereocenters. The highest BCUT2D eigenvalue weighted by Crippen LogP contribution is 2.55. The largest absolute Gasteiger partial charge is 0.359 e. The van der Waals surface area contributed by atoms with Crippen LogP contribution in [0.3, 0.4) is 0 Å². The Morgan fingerprint density at radius 3 is 2.38 bits per heavy atom. The maximum Gasteiger partial charge on any atom is 0.246 e. The minimum Gasteiger partial charge on any atom is -0.359 e. The molecule has 212 valence electrons. The summed E-state index contributed by atoms with van der Waals surface area (Å²) in [6.07, 6.45) is 10.7. The Kier molecular flexibility index (Phi) is 8.43. The van der Waals surface area contributed by atoms with Gasteiger partial charge in [-0.25, -0.2) is 0 Å². The summed E-state index contributed by atoms with van der Waals surface area (Å²) >= 11 is 0. The molecule has 8 heteroatoms. The van der Waals surface area contributed by atoms with Crippen molar-refractivity contribution in [3.63, 3.8) is 0 Å². The van der Waals surface area contributed by atoms with E-state index in [2.05, 4.69) is 29.4 Å². The van der Waals surface area contributed by atoms with Gasteiger partial charge in [0.1, 0.15) is 11.6 Å². The molecule has 2 N–H and O–H groups in total. The van der Waals surface area contributed by atoms with Crippen LogP contribution in [0.1, 0.15) is 64.4 Å². The average Bonchev–Trinajstić information content (AvgIpc) is 3.56. The normalized spacial score (nSPS) is 29.7. The lowest BCUT2D eigenvalue weighted by Crippen LogP contribution is -2.57. The second-order valence-corrected chi connectivity index (χ2v) is 11.8. The fourth-order valence-corrected chi connectivity index (χ4v) is 7.11. The van der Waals surface area contributed by atoms with Crippen LogP contribution in [0.15, 0.2) is 36.4 Å². The van der Waals surface area contributed by atoms with Gasteiger partial charge >= 0.3 is 0 Å². The van der Waals surface area contributed by atoms with Gasteiger partial charge in [0.2, 0.25) is 17.7 Å². The fourth-order valence-electron chi connectivity index (χ4n) is 7.11. The van der Waals surface area contributed by atoms with Crippen molar-refractivity contribution in [1.29, 1.82) is 0 Å². The number of hydrogen-bond donors (Lipinski definition) is 2. The highest BCUT2D eigenvalue weighted by Gasteiger charge is 2.72. The lowest BCUT2D eigenvalue weighted by molar-refractivity contribution is -0.141. The molecule has 8 nitrogen and oxygen atoms in total. The standard InChI is InChI=1S/C31H44N4O4/c1-4-17-34(18-5-2)19-20-35-27(29(37)33-22-9-7-6-8-10-22)31-16-15-24(39-31)25(26(31)30(35)38)28(36)32-23-13-11-21(3)12-14-23/h11-16,22,24-27H,4-10,17-20H2,1-3H3,(H,32,36)(H,33,37)/t24-,25+,26-,27-,31-/m0/s1. The molecule has 3 fully saturated rings. The molecule has 3 aliphatic heterocycles. The van der Waals surface area contributed by atoms with E-state index >= 15 is 0 Å². The van der Waals surface area contributed by atoms with Gasteiger partial charge in [0, 0.05) is 24.8 Å². The van der Waals surface area contributed by atoms with Crippen molar-refractivity contribution in [2.24, 2.45) is 11.8 Å². The molecule has 0 aromatic heterocycles. The molecule has 4 aliphatic rings. The summed E-state index contributed by atoms with van der Waals surface area (Å²) in [6.45, 7) is 9.33. The van der Waals surface area contributed by atoms with E-state index < -0.39 is 29.6 Å². The summed E-state index contributed by atoms with van der Waals surface area (Å²) in [5.41, 5.74) is 0.678. The van der Waals surface area contributed by atoms with Crippen molar-refractivity contribution in [3.05, 3.63) is 42.0 Å². The van der Waals surface area contributed by atoms with Crippen LogP contribution in [0.2, 0.25) is 0 Å². The van der Waals surface area contributed by atoms with Crippen molar-refractivity contribution in [3.8, 4) is 0 Å². The molecule has 1 aromatic rings. The predicted molar refractivity (Wildman–Crippen MR) is 151 cm³/mol. The number of nitrogens with one attached hydrogen (secondary N) is 2. The first-order valence-electron chi connectivity index (χ1n) is 15.0. The third-order valence-corrected chi connectivity index (χ3v) is 8.93. The molecule has 5 rings (SSSR count). The smallest absolute Gasteiger partial charge is 0.246 e. The Balaban J connectivity index is 1.41. The van der Waals surface area contributed by atoms with E-state index in [1.165, 1.54) is 6.42 Å². The van der Waals surface area contributed by atoms with Crippen LogP contribution < -0.4 is 10.6 Å². The summed E-state index contributed by atoms with van der Waals surface area (Å²) in [4.78, 5) is 45.8. The molecule has 1 aliphatic carbocycles. The summed E-state index contributed by atoms with van der Waals surface area (Å²) < 4.78 is 6.49. The highest BCUT2D eigenvalue weighted by atomic mass is 16.5. The van der Waals surface area contributed by atoms with Crippen LogP contribution in [0.4, 0.5) is 5.69 Å². The molecule has 3 amide bonds. The Labute approximate surface area is 232 Å². The van der Waals surface area contributed by atoms with Crippen molar-refractivity contribution in [2.75, 3.05) is 31.5 Å². The Morgan fingerprint density at radius 2 is 1.72 bits per heavy atom. The van der Waals surface area contributed by atoms with Gasteiger partial charge in [0.05, 0.1) is 17.9 Å². The molecule has 3 heterocycles. The van der Waals surface area contributed by atoms with Crippen molar-refractivity contribution < 1.29 is 19.1 Å². The van der Waals surface area contributed by atoms with E-state index in [0.29, 0.717) is 18.8 Å². The average molecular weight is 537 g/mol. The molecule has 1 saturated carbocycles. The van der Waals surface area contributed by atoms with Gasteiger partial charge in [-0.1, -0.05) is 63.0 Å². The first kappa shape index (κ1) is 27.8. The van der Waals surface area contributed by atoms with Crippen molar-refractivity contribution in [1.82, 2.24) is 15.1 Å². The van der Waals surface area contributed by atoms with Gasteiger partial charge in [-0.05, 0) is 57.8 Å². The molecule has 2 bridgehead atoms. The van der Waals surface area contributed by atoms with Crippen LogP contribution in [0.25, 0.3) is 0 Å². The minimum atomic E-state index is -1.11. The monoisotopic (exact) mass is 536 g/mol. The zero-order chi connectivity index (χ0) is 27.6. The first-order valence-corrected chi connectivity index (χ1v) is 15.0. The number of hydrogen-bond acceptors (Lipinski definition) is 5. The Bertz CT molecular complexity index is 1080. The zero-order valence-corrected chi connectivity index (χ0v) is 23.7. The van der Waals surface area contributed by atoms with Crippen LogP contribution in [-0.4, -0.2) is 77.5 Å². The Morgan fingerprint density at radius 1 is 1.03 bits per heavy atom. The number of aryl methyl sites for hydroxylation is 1. The van der Waals surface area contributed by atoms with Crippen molar-refractivity contribution >= 4 is 23.4 Å². The van der Waals surface area contributed by atoms with Crippen LogP contribution in [0, 0.1) is 18.8 Å². The molecule has 1 spiro atoms. The quantitative estimate of drug-likeness (QED) is 0.422. The summed E-state index contributed by atoms with van der Waals surface area (Å²) in [5.74, 6) is -1.94. The first-order chi connectivity index (χ1) is 18.9. The number of nitrogens with zero attached hydrogens (tertiary/aromatic N) is 2. The number of ether oxygens (including phenoxy) is 1. The van der Waals surface area contributed by atoms with E-state index in [4.69, 9.17) is 4.74 Å². The number of rotatable bonds is 11. The molecular weight excluding hydrogens is 492 g/mol. The highest BCUT2D eigenvalue weighted by molar-refractivity contribution is 6.02. The maximum absolute atomic E-state index is 14.2. The lowest BCUT2D eigenvalue weighted by Gasteiger charge is -2.35. The third kappa shape index (κ3) is 5.38. The number of fused-ring (bicyclic) bond motifs is 1. The Hall–Kier alpha value is -2.71. The van der Waals surface area contributed by atoms with Crippen LogP contribution in [0.5, 0.6) is 0 Å². The molecule has 2 saturated heterocycles. The zero-order valence-electron chi connectivity index (χ0n) is 23.7. The lowest BCUT2D eigenvalue weighted by atomic mass is 9.74. The van der Waals surface area contributed by atoms with E-state index in [1.54, 1.807) is 4.90 Å². The van der Waals surface area contributed by atoms with Crippen LogP contribution in [-0.2, 0) is 19.1 Å².